The van der Waals surface area contributed by atoms with E-state index in [1.54, 1.807) is 0 Å². The van der Waals surface area contributed by atoms with Crippen molar-refractivity contribution in [3.8, 4) is 0 Å². The third-order valence-electron chi connectivity index (χ3n) is 4.00. The minimum Gasteiger partial charge on any atom is -0.398 e. The quantitative estimate of drug-likeness (QED) is 0.840. The van der Waals surface area contributed by atoms with Crippen molar-refractivity contribution in [1.82, 2.24) is 4.90 Å². The molecular weight excluding hydrogens is 248 g/mol. The molecule has 0 saturated heterocycles. The summed E-state index contributed by atoms with van der Waals surface area (Å²) in [7, 11) is 0. The van der Waals surface area contributed by atoms with Crippen molar-refractivity contribution >= 4 is 5.69 Å². The van der Waals surface area contributed by atoms with E-state index in [0.29, 0.717) is 12.2 Å². The van der Waals surface area contributed by atoms with Gasteiger partial charge >= 0.3 is 0 Å². The van der Waals surface area contributed by atoms with Gasteiger partial charge in [-0.1, -0.05) is 42.5 Å². The van der Waals surface area contributed by atoms with Gasteiger partial charge < -0.3 is 10.8 Å². The van der Waals surface area contributed by atoms with Crippen molar-refractivity contribution < 1.29 is 5.11 Å². The highest BCUT2D eigenvalue weighted by molar-refractivity contribution is 5.47. The fourth-order valence-corrected chi connectivity index (χ4v) is 2.87. The largest absolute Gasteiger partial charge is 0.398 e. The molecule has 3 N–H and O–H groups in total. The molecule has 20 heavy (non-hydrogen) atoms. The van der Waals surface area contributed by atoms with E-state index in [-0.39, 0.29) is 0 Å². The number of aliphatic hydroxyl groups is 1. The monoisotopic (exact) mass is 268 g/mol. The number of nitrogen functional groups attached to an aromatic ring is 1. The van der Waals surface area contributed by atoms with Gasteiger partial charge in [-0.15, -0.1) is 0 Å². The normalized spacial score (nSPS) is 16.6. The third-order valence-corrected chi connectivity index (χ3v) is 4.00. The summed E-state index contributed by atoms with van der Waals surface area (Å²) in [6.45, 7) is 2.52. The number of anilines is 1. The summed E-state index contributed by atoms with van der Waals surface area (Å²) < 4.78 is 0. The van der Waals surface area contributed by atoms with Crippen LogP contribution in [0.4, 0.5) is 5.69 Å². The van der Waals surface area contributed by atoms with Gasteiger partial charge in [0.15, 0.2) is 0 Å². The number of para-hydroxylation sites is 1. The maximum Gasteiger partial charge on any atom is 0.0936 e. The molecule has 3 heteroatoms. The first-order chi connectivity index (χ1) is 9.74. The zero-order valence-electron chi connectivity index (χ0n) is 11.5. The Balaban J connectivity index is 1.69. The SMILES string of the molecule is Nc1ccccc1C(O)CN1CCc2ccccc2C1. The molecule has 0 fully saturated rings. The van der Waals surface area contributed by atoms with Gasteiger partial charge in [-0.2, -0.15) is 0 Å². The van der Waals surface area contributed by atoms with Gasteiger partial charge in [0, 0.05) is 30.9 Å². The number of rotatable bonds is 3. The lowest BCUT2D eigenvalue weighted by molar-refractivity contribution is 0.106. The second-order valence-corrected chi connectivity index (χ2v) is 5.40. The second-order valence-electron chi connectivity index (χ2n) is 5.40. The summed E-state index contributed by atoms with van der Waals surface area (Å²) in [5.41, 5.74) is 10.2. The number of fused-ring (bicyclic) bond motifs is 1. The first kappa shape index (κ1) is 13.2. The molecule has 3 rings (SSSR count). The van der Waals surface area contributed by atoms with Crippen LogP contribution in [-0.2, 0) is 13.0 Å². The molecule has 0 aromatic heterocycles. The van der Waals surface area contributed by atoms with E-state index in [9.17, 15) is 5.11 Å². The first-order valence-corrected chi connectivity index (χ1v) is 7.05. The number of nitrogens with zero attached hydrogens (tertiary/aromatic N) is 1. The number of hydrogen-bond acceptors (Lipinski definition) is 3. The highest BCUT2D eigenvalue weighted by atomic mass is 16.3. The van der Waals surface area contributed by atoms with Crippen LogP contribution < -0.4 is 5.73 Å². The van der Waals surface area contributed by atoms with Gasteiger partial charge in [0.05, 0.1) is 6.10 Å². The summed E-state index contributed by atoms with van der Waals surface area (Å²) in [6, 6.07) is 16.1. The molecule has 1 aliphatic heterocycles. The molecule has 0 spiro atoms. The minimum absolute atomic E-state index is 0.526. The van der Waals surface area contributed by atoms with Gasteiger partial charge in [0.1, 0.15) is 0 Å². The van der Waals surface area contributed by atoms with E-state index in [0.717, 1.165) is 25.1 Å². The lowest BCUT2D eigenvalue weighted by Crippen LogP contribution is -2.34. The van der Waals surface area contributed by atoms with Crippen molar-refractivity contribution in [3.63, 3.8) is 0 Å². The Hall–Kier alpha value is -1.84. The van der Waals surface area contributed by atoms with Crippen LogP contribution in [0.2, 0.25) is 0 Å². The van der Waals surface area contributed by atoms with E-state index < -0.39 is 6.10 Å². The van der Waals surface area contributed by atoms with Crippen LogP contribution in [0.1, 0.15) is 22.8 Å². The average molecular weight is 268 g/mol. The summed E-state index contributed by atoms with van der Waals surface area (Å²) >= 11 is 0. The van der Waals surface area contributed by atoms with E-state index >= 15 is 0 Å². The van der Waals surface area contributed by atoms with Crippen LogP contribution >= 0.6 is 0 Å². The summed E-state index contributed by atoms with van der Waals surface area (Å²) in [6.07, 6.45) is 0.522. The molecule has 0 amide bonds. The minimum atomic E-state index is -0.526. The molecule has 1 atom stereocenters. The van der Waals surface area contributed by atoms with E-state index in [4.69, 9.17) is 5.73 Å². The Labute approximate surface area is 119 Å². The molecule has 1 aliphatic rings. The zero-order chi connectivity index (χ0) is 13.9. The maximum absolute atomic E-state index is 10.4. The van der Waals surface area contributed by atoms with E-state index in [2.05, 4.69) is 29.2 Å². The van der Waals surface area contributed by atoms with Crippen molar-refractivity contribution in [2.75, 3.05) is 18.8 Å². The topological polar surface area (TPSA) is 49.5 Å². The molecule has 2 aromatic carbocycles. The Bertz CT molecular complexity index is 597. The van der Waals surface area contributed by atoms with Crippen molar-refractivity contribution in [3.05, 3.63) is 65.2 Å². The fourth-order valence-electron chi connectivity index (χ4n) is 2.87. The average Bonchev–Trinajstić information content (AvgIpc) is 2.47. The lowest BCUT2D eigenvalue weighted by Gasteiger charge is -2.30. The first-order valence-electron chi connectivity index (χ1n) is 7.05. The standard InChI is InChI=1S/C17H20N2O/c18-16-8-4-3-7-15(16)17(20)12-19-10-9-13-5-1-2-6-14(13)11-19/h1-8,17,20H,9-12,18H2. The summed E-state index contributed by atoms with van der Waals surface area (Å²) in [5.74, 6) is 0. The van der Waals surface area contributed by atoms with Gasteiger partial charge in [-0.05, 0) is 23.6 Å². The van der Waals surface area contributed by atoms with Crippen LogP contribution in [0.5, 0.6) is 0 Å². The van der Waals surface area contributed by atoms with Crippen LogP contribution in [0.3, 0.4) is 0 Å². The number of benzene rings is 2. The van der Waals surface area contributed by atoms with Crippen LogP contribution in [0.15, 0.2) is 48.5 Å². The van der Waals surface area contributed by atoms with Gasteiger partial charge in [0.25, 0.3) is 0 Å². The van der Waals surface area contributed by atoms with Gasteiger partial charge in [0.2, 0.25) is 0 Å². The lowest BCUT2D eigenvalue weighted by atomic mass is 9.99. The predicted molar refractivity (Wildman–Crippen MR) is 81.2 cm³/mol. The highest BCUT2D eigenvalue weighted by Gasteiger charge is 2.19. The van der Waals surface area contributed by atoms with Crippen molar-refractivity contribution in [1.29, 1.82) is 0 Å². The zero-order valence-corrected chi connectivity index (χ0v) is 11.5. The van der Waals surface area contributed by atoms with Crippen LogP contribution in [0, 0.1) is 0 Å². The molecule has 0 radical (unpaired) electrons. The molecule has 0 aliphatic carbocycles. The molecule has 0 bridgehead atoms. The highest BCUT2D eigenvalue weighted by Crippen LogP contribution is 2.24. The molecule has 1 unspecified atom stereocenters. The van der Waals surface area contributed by atoms with E-state index in [1.807, 2.05) is 24.3 Å². The van der Waals surface area contributed by atoms with Crippen LogP contribution in [0.25, 0.3) is 0 Å². The number of β-amino-alcohol motifs (C(OH)–C–C–N with tert-alkyl or cyclic N) is 1. The Morgan fingerprint density at radius 2 is 1.75 bits per heavy atom. The van der Waals surface area contributed by atoms with Crippen molar-refractivity contribution in [2.24, 2.45) is 0 Å². The molecule has 1 heterocycles. The Morgan fingerprint density at radius 3 is 2.55 bits per heavy atom. The summed E-state index contributed by atoms with van der Waals surface area (Å²) in [5, 5.41) is 10.4. The molecular formula is C17H20N2O. The van der Waals surface area contributed by atoms with Gasteiger partial charge in [-0.3, -0.25) is 4.90 Å². The predicted octanol–water partition coefficient (Wildman–Crippen LogP) is 2.36. The second kappa shape index (κ2) is 5.65. The number of nitrogens with two attached hydrogens (primary N) is 1. The molecule has 2 aromatic rings. The maximum atomic E-state index is 10.4. The number of aliphatic hydroxyl groups excluding tert-OH is 1. The Morgan fingerprint density at radius 1 is 1.05 bits per heavy atom. The fraction of sp³-hybridized carbons (Fsp3) is 0.294. The molecule has 3 nitrogen and oxygen atoms in total. The van der Waals surface area contributed by atoms with E-state index in [1.165, 1.54) is 11.1 Å². The Kier molecular flexibility index (Phi) is 3.72. The third kappa shape index (κ3) is 2.69. The van der Waals surface area contributed by atoms with Crippen LogP contribution in [-0.4, -0.2) is 23.1 Å². The number of hydrogen-bond donors (Lipinski definition) is 2. The smallest absolute Gasteiger partial charge is 0.0936 e. The van der Waals surface area contributed by atoms with Gasteiger partial charge in [-0.25, -0.2) is 0 Å². The molecule has 104 valence electrons. The summed E-state index contributed by atoms with van der Waals surface area (Å²) in [4.78, 5) is 2.29. The molecule has 0 saturated carbocycles. The van der Waals surface area contributed by atoms with Crippen molar-refractivity contribution in [2.45, 2.75) is 19.1 Å².